The van der Waals surface area contributed by atoms with Crippen LogP contribution in [0.25, 0.3) is 0 Å². The molecule has 0 aromatic heterocycles. The van der Waals surface area contributed by atoms with E-state index in [1.807, 2.05) is 19.9 Å². The maximum atomic E-state index is 13.7. The number of hydrogen-bond acceptors (Lipinski definition) is 6. The first-order valence-electron chi connectivity index (χ1n) is 11.7. The standard InChI is InChI=1S/C25H38N4O5/c1-7-9-15-27-22(31)21(18-12-10-11-13-19(18)30)29(16-14-26)23(32)20(17(3)8-2)28-24(33)34-25(4,5)6/h10-13,17,20-21,30H,7-9,15-16H2,1-6H3,(H,27,31)(H,28,33). The summed E-state index contributed by atoms with van der Waals surface area (Å²) >= 11 is 0. The number of ether oxygens (including phenoxy) is 1. The molecule has 3 N–H and O–H groups in total. The zero-order chi connectivity index (χ0) is 25.9. The van der Waals surface area contributed by atoms with E-state index in [1.54, 1.807) is 39.8 Å². The van der Waals surface area contributed by atoms with E-state index in [4.69, 9.17) is 4.74 Å². The van der Waals surface area contributed by atoms with Crippen molar-refractivity contribution >= 4 is 17.9 Å². The summed E-state index contributed by atoms with van der Waals surface area (Å²) in [4.78, 5) is 40.6. The Morgan fingerprint density at radius 2 is 1.85 bits per heavy atom. The number of benzene rings is 1. The van der Waals surface area contributed by atoms with Crippen LogP contribution in [0.15, 0.2) is 24.3 Å². The van der Waals surface area contributed by atoms with Crippen molar-refractivity contribution in [2.24, 2.45) is 5.92 Å². The Labute approximate surface area is 202 Å². The molecular weight excluding hydrogens is 436 g/mol. The largest absolute Gasteiger partial charge is 0.508 e. The monoisotopic (exact) mass is 474 g/mol. The van der Waals surface area contributed by atoms with Crippen molar-refractivity contribution in [2.45, 2.75) is 78.5 Å². The van der Waals surface area contributed by atoms with Crippen LogP contribution < -0.4 is 10.6 Å². The number of phenolic OH excluding ortho intramolecular Hbond substituents is 1. The van der Waals surface area contributed by atoms with E-state index in [0.717, 1.165) is 17.7 Å². The van der Waals surface area contributed by atoms with E-state index in [1.165, 1.54) is 12.1 Å². The van der Waals surface area contributed by atoms with Crippen LogP contribution in [-0.2, 0) is 14.3 Å². The molecule has 0 aliphatic heterocycles. The topological polar surface area (TPSA) is 132 Å². The number of para-hydroxylation sites is 1. The Morgan fingerprint density at radius 1 is 1.21 bits per heavy atom. The average molecular weight is 475 g/mol. The van der Waals surface area contributed by atoms with Crippen LogP contribution in [0, 0.1) is 17.2 Å². The second-order valence-electron chi connectivity index (χ2n) is 9.24. The number of nitriles is 1. The molecule has 0 spiro atoms. The third-order valence-electron chi connectivity index (χ3n) is 5.30. The molecular formula is C25H38N4O5. The number of rotatable bonds is 11. The van der Waals surface area contributed by atoms with Gasteiger partial charge in [0.2, 0.25) is 11.8 Å². The highest BCUT2D eigenvalue weighted by Gasteiger charge is 2.38. The molecule has 1 aromatic rings. The molecule has 3 unspecified atom stereocenters. The predicted octanol–water partition coefficient (Wildman–Crippen LogP) is 3.64. The maximum Gasteiger partial charge on any atom is 0.408 e. The summed E-state index contributed by atoms with van der Waals surface area (Å²) in [5.74, 6) is -1.61. The quantitative estimate of drug-likeness (QED) is 0.331. The number of alkyl carbamates (subject to hydrolysis) is 1. The van der Waals surface area contributed by atoms with Crippen LogP contribution in [0.2, 0.25) is 0 Å². The molecule has 9 nitrogen and oxygen atoms in total. The van der Waals surface area contributed by atoms with Crippen molar-refractivity contribution in [3.63, 3.8) is 0 Å². The van der Waals surface area contributed by atoms with Crippen LogP contribution in [0.1, 0.15) is 72.4 Å². The smallest absolute Gasteiger partial charge is 0.408 e. The van der Waals surface area contributed by atoms with Gasteiger partial charge in [-0.05, 0) is 39.2 Å². The zero-order valence-corrected chi connectivity index (χ0v) is 21.1. The van der Waals surface area contributed by atoms with Gasteiger partial charge in [-0.25, -0.2) is 4.79 Å². The van der Waals surface area contributed by atoms with E-state index in [9.17, 15) is 24.8 Å². The third-order valence-corrected chi connectivity index (χ3v) is 5.30. The van der Waals surface area contributed by atoms with Crippen LogP contribution >= 0.6 is 0 Å². The molecule has 0 aliphatic rings. The van der Waals surface area contributed by atoms with E-state index in [0.29, 0.717) is 13.0 Å². The lowest BCUT2D eigenvalue weighted by Crippen LogP contribution is -2.55. The number of aromatic hydroxyl groups is 1. The lowest BCUT2D eigenvalue weighted by Gasteiger charge is -2.34. The van der Waals surface area contributed by atoms with Gasteiger partial charge in [0.15, 0.2) is 0 Å². The summed E-state index contributed by atoms with van der Waals surface area (Å²) in [6.45, 7) is 10.8. The number of unbranched alkanes of at least 4 members (excludes halogenated alkanes) is 1. The Balaban J connectivity index is 3.43. The average Bonchev–Trinajstić information content (AvgIpc) is 2.76. The van der Waals surface area contributed by atoms with Crippen LogP contribution in [-0.4, -0.2) is 52.6 Å². The van der Waals surface area contributed by atoms with E-state index in [2.05, 4.69) is 10.6 Å². The number of hydrogen-bond donors (Lipinski definition) is 3. The molecule has 0 saturated heterocycles. The molecule has 1 rings (SSSR count). The summed E-state index contributed by atoms with van der Waals surface area (Å²) in [6.07, 6.45) is 1.38. The molecule has 34 heavy (non-hydrogen) atoms. The lowest BCUT2D eigenvalue weighted by molar-refractivity contribution is -0.142. The number of phenols is 1. The molecule has 3 atom stereocenters. The van der Waals surface area contributed by atoms with Gasteiger partial charge in [-0.3, -0.25) is 9.59 Å². The third kappa shape index (κ3) is 8.58. The summed E-state index contributed by atoms with van der Waals surface area (Å²) < 4.78 is 5.32. The van der Waals surface area contributed by atoms with Crippen LogP contribution in [0.4, 0.5) is 4.79 Å². The lowest BCUT2D eigenvalue weighted by atomic mass is 9.95. The summed E-state index contributed by atoms with van der Waals surface area (Å²) in [5.41, 5.74) is -0.572. The van der Waals surface area contributed by atoms with Crippen molar-refractivity contribution in [1.29, 1.82) is 5.26 Å². The van der Waals surface area contributed by atoms with E-state index in [-0.39, 0.29) is 17.2 Å². The van der Waals surface area contributed by atoms with Gasteiger partial charge in [-0.15, -0.1) is 0 Å². The molecule has 1 aromatic carbocycles. The molecule has 9 heteroatoms. The molecule has 0 aliphatic carbocycles. The highest BCUT2D eigenvalue weighted by atomic mass is 16.6. The number of amides is 3. The number of nitrogens with one attached hydrogen (secondary N) is 2. The minimum absolute atomic E-state index is 0.172. The Bertz CT molecular complexity index is 875. The fourth-order valence-electron chi connectivity index (χ4n) is 3.32. The first-order chi connectivity index (χ1) is 16.0. The van der Waals surface area contributed by atoms with E-state index < -0.39 is 42.1 Å². The molecule has 0 heterocycles. The van der Waals surface area contributed by atoms with Crippen molar-refractivity contribution in [3.05, 3.63) is 29.8 Å². The van der Waals surface area contributed by atoms with Gasteiger partial charge in [0, 0.05) is 12.1 Å². The normalized spacial score (nSPS) is 13.7. The number of nitrogens with zero attached hydrogens (tertiary/aromatic N) is 2. The molecule has 0 radical (unpaired) electrons. The summed E-state index contributed by atoms with van der Waals surface area (Å²) in [6, 6.07) is 5.86. The minimum Gasteiger partial charge on any atom is -0.508 e. The first kappa shape index (κ1) is 28.8. The summed E-state index contributed by atoms with van der Waals surface area (Å²) in [7, 11) is 0. The van der Waals surface area contributed by atoms with Crippen LogP contribution in [0.3, 0.4) is 0 Å². The second kappa shape index (κ2) is 13.4. The molecule has 188 valence electrons. The maximum absolute atomic E-state index is 13.7. The van der Waals surface area contributed by atoms with Crippen LogP contribution in [0.5, 0.6) is 5.75 Å². The van der Waals surface area contributed by atoms with Gasteiger partial charge >= 0.3 is 6.09 Å². The molecule has 0 fully saturated rings. The Morgan fingerprint density at radius 3 is 2.38 bits per heavy atom. The Hall–Kier alpha value is -3.28. The van der Waals surface area contributed by atoms with Crippen molar-refractivity contribution in [3.8, 4) is 11.8 Å². The number of carbonyl (C=O) groups excluding carboxylic acids is 3. The first-order valence-corrected chi connectivity index (χ1v) is 11.7. The van der Waals surface area contributed by atoms with Gasteiger partial charge in [0.1, 0.15) is 30.0 Å². The highest BCUT2D eigenvalue weighted by Crippen LogP contribution is 2.30. The van der Waals surface area contributed by atoms with E-state index >= 15 is 0 Å². The minimum atomic E-state index is -1.25. The molecule has 0 saturated carbocycles. The fraction of sp³-hybridized carbons (Fsp3) is 0.600. The van der Waals surface area contributed by atoms with Gasteiger partial charge in [-0.1, -0.05) is 51.8 Å². The van der Waals surface area contributed by atoms with Crippen molar-refractivity contribution < 1.29 is 24.2 Å². The molecule has 3 amide bonds. The predicted molar refractivity (Wildman–Crippen MR) is 129 cm³/mol. The summed E-state index contributed by atoms with van der Waals surface area (Å²) in [5, 5.41) is 25.4. The van der Waals surface area contributed by atoms with Crippen molar-refractivity contribution in [1.82, 2.24) is 15.5 Å². The molecule has 0 bridgehead atoms. The highest BCUT2D eigenvalue weighted by molar-refractivity contribution is 5.92. The van der Waals surface area contributed by atoms with Gasteiger partial charge in [0.05, 0.1) is 6.07 Å². The van der Waals surface area contributed by atoms with Gasteiger partial charge in [0.25, 0.3) is 0 Å². The second-order valence-corrected chi connectivity index (χ2v) is 9.24. The zero-order valence-electron chi connectivity index (χ0n) is 21.1. The van der Waals surface area contributed by atoms with Crippen molar-refractivity contribution in [2.75, 3.05) is 13.1 Å². The fourth-order valence-corrected chi connectivity index (χ4v) is 3.32. The van der Waals surface area contributed by atoms with Gasteiger partial charge < -0.3 is 25.4 Å². The Kier molecular flexibility index (Phi) is 11.4. The SMILES string of the molecule is CCCCNC(=O)C(c1ccccc1O)N(CC#N)C(=O)C(NC(=O)OC(C)(C)C)C(C)CC. The van der Waals surface area contributed by atoms with Gasteiger partial charge in [-0.2, -0.15) is 5.26 Å². The number of carbonyl (C=O) groups is 3.